The molecule has 0 saturated carbocycles. The van der Waals surface area contributed by atoms with Gasteiger partial charge in [0.25, 0.3) is 5.91 Å². The molecule has 6 heteroatoms. The molecule has 1 atom stereocenters. The Balaban J connectivity index is 2.13. The first-order valence-corrected chi connectivity index (χ1v) is 5.51. The molecule has 18 heavy (non-hydrogen) atoms. The lowest BCUT2D eigenvalue weighted by Crippen LogP contribution is -2.38. The molecule has 1 aromatic rings. The fourth-order valence-electron chi connectivity index (χ4n) is 1.53. The molecule has 0 unspecified atom stereocenters. The number of hydrogen-bond acceptors (Lipinski definition) is 4. The Morgan fingerprint density at radius 2 is 1.94 bits per heavy atom. The predicted molar refractivity (Wildman–Crippen MR) is 62.0 cm³/mol. The van der Waals surface area contributed by atoms with Crippen molar-refractivity contribution in [2.24, 2.45) is 0 Å². The van der Waals surface area contributed by atoms with Crippen LogP contribution in [0.1, 0.15) is 17.3 Å². The largest absolute Gasteiger partial charge is 0.486 e. The lowest BCUT2D eigenvalue weighted by molar-refractivity contribution is -0.138. The second-order valence-electron chi connectivity index (χ2n) is 3.89. The maximum absolute atomic E-state index is 11.8. The highest BCUT2D eigenvalue weighted by Gasteiger charge is 2.18. The average molecular weight is 251 g/mol. The van der Waals surface area contributed by atoms with Crippen molar-refractivity contribution in [3.8, 4) is 11.5 Å². The van der Waals surface area contributed by atoms with Gasteiger partial charge in [0.05, 0.1) is 0 Å². The van der Waals surface area contributed by atoms with E-state index >= 15 is 0 Å². The molecule has 0 saturated heterocycles. The fraction of sp³-hybridized carbons (Fsp3) is 0.333. The number of carbonyl (C=O) groups excluding carboxylic acids is 1. The number of aliphatic carboxylic acids is 1. The molecule has 0 aromatic heterocycles. The average Bonchev–Trinajstić information content (AvgIpc) is 2.37. The summed E-state index contributed by atoms with van der Waals surface area (Å²) in [5.41, 5.74) is 0.340. The summed E-state index contributed by atoms with van der Waals surface area (Å²) in [5, 5.41) is 11.1. The number of amides is 1. The second kappa shape index (κ2) is 4.95. The van der Waals surface area contributed by atoms with E-state index in [-0.39, 0.29) is 0 Å². The summed E-state index contributed by atoms with van der Waals surface area (Å²) < 4.78 is 10.7. The molecular formula is C12H13NO5. The Hall–Kier alpha value is -2.24. The van der Waals surface area contributed by atoms with Gasteiger partial charge in [0, 0.05) is 5.56 Å². The van der Waals surface area contributed by atoms with Crippen LogP contribution in [0.2, 0.25) is 0 Å². The Kier molecular flexibility index (Phi) is 3.36. The molecule has 1 aliphatic heterocycles. The molecule has 1 amide bonds. The van der Waals surface area contributed by atoms with Gasteiger partial charge in [0.1, 0.15) is 19.3 Å². The SMILES string of the molecule is C[C@@H](NC(=O)c1ccc2c(c1)OCCO2)C(=O)O. The number of fused-ring (bicyclic) bond motifs is 1. The summed E-state index contributed by atoms with van der Waals surface area (Å²) in [4.78, 5) is 22.4. The number of ether oxygens (including phenoxy) is 2. The molecule has 0 fully saturated rings. The van der Waals surface area contributed by atoms with E-state index in [4.69, 9.17) is 14.6 Å². The number of carboxylic acids is 1. The maximum atomic E-state index is 11.8. The lowest BCUT2D eigenvalue weighted by atomic mass is 10.1. The van der Waals surface area contributed by atoms with E-state index < -0.39 is 17.9 Å². The van der Waals surface area contributed by atoms with Crippen LogP contribution >= 0.6 is 0 Å². The van der Waals surface area contributed by atoms with Crippen molar-refractivity contribution in [1.29, 1.82) is 0 Å². The van der Waals surface area contributed by atoms with E-state index in [2.05, 4.69) is 5.32 Å². The monoisotopic (exact) mass is 251 g/mol. The van der Waals surface area contributed by atoms with Crippen molar-refractivity contribution in [2.45, 2.75) is 13.0 Å². The smallest absolute Gasteiger partial charge is 0.325 e. The third-order valence-electron chi connectivity index (χ3n) is 2.52. The van der Waals surface area contributed by atoms with Gasteiger partial charge in [0.15, 0.2) is 11.5 Å². The third-order valence-corrected chi connectivity index (χ3v) is 2.52. The zero-order valence-corrected chi connectivity index (χ0v) is 9.80. The molecule has 0 aliphatic carbocycles. The van der Waals surface area contributed by atoms with Gasteiger partial charge in [-0.25, -0.2) is 0 Å². The van der Waals surface area contributed by atoms with Crippen molar-refractivity contribution in [3.05, 3.63) is 23.8 Å². The highest BCUT2D eigenvalue weighted by molar-refractivity contribution is 5.97. The molecule has 1 aromatic carbocycles. The summed E-state index contributed by atoms with van der Waals surface area (Å²) in [5.74, 6) is -0.455. The van der Waals surface area contributed by atoms with Crippen molar-refractivity contribution < 1.29 is 24.2 Å². The minimum absolute atomic E-state index is 0.340. The molecule has 1 aliphatic rings. The quantitative estimate of drug-likeness (QED) is 0.824. The third kappa shape index (κ3) is 2.53. The molecule has 1 heterocycles. The van der Waals surface area contributed by atoms with Crippen LogP contribution in [0.4, 0.5) is 0 Å². The normalized spacial score (nSPS) is 14.7. The number of rotatable bonds is 3. The standard InChI is InChI=1S/C12H13NO5/c1-7(12(15)16)13-11(14)8-2-3-9-10(6-8)18-5-4-17-9/h2-3,6-7H,4-5H2,1H3,(H,13,14)(H,15,16)/t7-/m1/s1. The lowest BCUT2D eigenvalue weighted by Gasteiger charge is -2.19. The van der Waals surface area contributed by atoms with Crippen LogP contribution in [0.15, 0.2) is 18.2 Å². The van der Waals surface area contributed by atoms with Crippen LogP contribution in [-0.2, 0) is 4.79 Å². The van der Waals surface area contributed by atoms with Crippen molar-refractivity contribution >= 4 is 11.9 Å². The molecule has 6 nitrogen and oxygen atoms in total. The zero-order valence-electron chi connectivity index (χ0n) is 9.80. The van der Waals surface area contributed by atoms with Crippen LogP contribution < -0.4 is 14.8 Å². The van der Waals surface area contributed by atoms with Crippen LogP contribution in [0.25, 0.3) is 0 Å². The van der Waals surface area contributed by atoms with E-state index in [9.17, 15) is 9.59 Å². The first-order chi connectivity index (χ1) is 8.58. The summed E-state index contributed by atoms with van der Waals surface area (Å²) in [6.07, 6.45) is 0. The van der Waals surface area contributed by atoms with Gasteiger partial charge in [-0.1, -0.05) is 0 Å². The van der Waals surface area contributed by atoms with Crippen LogP contribution in [-0.4, -0.2) is 36.2 Å². The minimum atomic E-state index is -1.08. The molecule has 0 radical (unpaired) electrons. The van der Waals surface area contributed by atoms with Gasteiger partial charge >= 0.3 is 5.97 Å². The molecular weight excluding hydrogens is 238 g/mol. The predicted octanol–water partition coefficient (Wildman–Crippen LogP) is 0.661. The number of carbonyl (C=O) groups is 2. The number of benzene rings is 1. The highest BCUT2D eigenvalue weighted by atomic mass is 16.6. The second-order valence-corrected chi connectivity index (χ2v) is 3.89. The van der Waals surface area contributed by atoms with Crippen LogP contribution in [0, 0.1) is 0 Å². The Morgan fingerprint density at radius 3 is 2.61 bits per heavy atom. The van der Waals surface area contributed by atoms with E-state index in [0.717, 1.165) is 0 Å². The minimum Gasteiger partial charge on any atom is -0.486 e. The van der Waals surface area contributed by atoms with E-state index in [0.29, 0.717) is 30.3 Å². The van der Waals surface area contributed by atoms with Crippen LogP contribution in [0.5, 0.6) is 11.5 Å². The van der Waals surface area contributed by atoms with Gasteiger partial charge < -0.3 is 19.9 Å². The number of nitrogens with one attached hydrogen (secondary N) is 1. The summed E-state index contributed by atoms with van der Waals surface area (Å²) >= 11 is 0. The van der Waals surface area contributed by atoms with Gasteiger partial charge in [0.2, 0.25) is 0 Å². The topological polar surface area (TPSA) is 84.9 Å². The first-order valence-electron chi connectivity index (χ1n) is 5.51. The van der Waals surface area contributed by atoms with Crippen molar-refractivity contribution in [1.82, 2.24) is 5.32 Å². The number of hydrogen-bond donors (Lipinski definition) is 2. The van der Waals surface area contributed by atoms with Gasteiger partial charge in [-0.15, -0.1) is 0 Å². The molecule has 2 rings (SSSR count). The molecule has 0 bridgehead atoms. The first kappa shape index (κ1) is 12.2. The summed E-state index contributed by atoms with van der Waals surface area (Å²) in [6, 6.07) is 3.80. The summed E-state index contributed by atoms with van der Waals surface area (Å²) in [7, 11) is 0. The van der Waals surface area contributed by atoms with Gasteiger partial charge in [-0.2, -0.15) is 0 Å². The van der Waals surface area contributed by atoms with Gasteiger partial charge in [-0.3, -0.25) is 9.59 Å². The molecule has 96 valence electrons. The maximum Gasteiger partial charge on any atom is 0.325 e. The van der Waals surface area contributed by atoms with Crippen LogP contribution in [0.3, 0.4) is 0 Å². The van der Waals surface area contributed by atoms with E-state index in [1.165, 1.54) is 6.92 Å². The Bertz CT molecular complexity index is 485. The number of carboxylic acid groups (broad SMARTS) is 1. The van der Waals surface area contributed by atoms with E-state index in [1.54, 1.807) is 18.2 Å². The Labute approximate surface area is 104 Å². The Morgan fingerprint density at radius 1 is 1.28 bits per heavy atom. The fourth-order valence-corrected chi connectivity index (χ4v) is 1.53. The van der Waals surface area contributed by atoms with Gasteiger partial charge in [-0.05, 0) is 25.1 Å². The van der Waals surface area contributed by atoms with Crippen molar-refractivity contribution in [3.63, 3.8) is 0 Å². The van der Waals surface area contributed by atoms with Crippen molar-refractivity contribution in [2.75, 3.05) is 13.2 Å². The van der Waals surface area contributed by atoms with E-state index in [1.807, 2.05) is 0 Å². The highest BCUT2D eigenvalue weighted by Crippen LogP contribution is 2.30. The summed E-state index contributed by atoms with van der Waals surface area (Å²) in [6.45, 7) is 2.32. The zero-order chi connectivity index (χ0) is 13.1. The molecule has 0 spiro atoms. The molecule has 2 N–H and O–H groups in total.